The first-order valence-corrected chi connectivity index (χ1v) is 5.86. The number of nitrogens with two attached hydrogens (primary N) is 1. The number of carbonyl (C=O) groups is 1. The zero-order valence-electron chi connectivity index (χ0n) is 10.6. The predicted octanol–water partition coefficient (Wildman–Crippen LogP) is 1.79. The highest BCUT2D eigenvalue weighted by Crippen LogP contribution is 2.29. The molecule has 0 aliphatic heterocycles. The third-order valence-corrected chi connectivity index (χ3v) is 3.13. The Kier molecular flexibility index (Phi) is 3.67. The molecule has 0 saturated heterocycles. The van der Waals surface area contributed by atoms with Crippen LogP contribution in [0.5, 0.6) is 11.5 Å². The van der Waals surface area contributed by atoms with E-state index in [0.29, 0.717) is 23.5 Å². The second kappa shape index (κ2) is 5.23. The summed E-state index contributed by atoms with van der Waals surface area (Å²) in [6.45, 7) is 0. The van der Waals surface area contributed by atoms with Crippen molar-refractivity contribution in [2.24, 2.45) is 11.7 Å². The Bertz CT molecular complexity index is 482. The van der Waals surface area contributed by atoms with Gasteiger partial charge in [-0.15, -0.1) is 0 Å². The van der Waals surface area contributed by atoms with Crippen LogP contribution in [-0.2, 0) is 0 Å². The molecule has 1 aliphatic carbocycles. The molecule has 0 aromatic heterocycles. The Balaban J connectivity index is 2.31. The maximum Gasteiger partial charge on any atom is 0.173 e. The van der Waals surface area contributed by atoms with Crippen LogP contribution in [-0.4, -0.2) is 26.0 Å². The number of carbonyl (C=O) groups excluding carboxylic acids is 1. The molecule has 2 rings (SSSR count). The monoisotopic (exact) mass is 247 g/mol. The van der Waals surface area contributed by atoms with E-state index >= 15 is 0 Å². The molecule has 0 bridgehead atoms. The fourth-order valence-corrected chi connectivity index (χ4v) is 2.13. The SMILES string of the molecule is COc1ccc(OC)c(C(=O)C2C=CC(N)C2)c1. The molecular formula is C14H17NO3. The summed E-state index contributed by atoms with van der Waals surface area (Å²) < 4.78 is 10.4. The van der Waals surface area contributed by atoms with Crippen LogP contribution in [0.2, 0.25) is 0 Å². The molecule has 2 unspecified atom stereocenters. The average molecular weight is 247 g/mol. The van der Waals surface area contributed by atoms with Crippen LogP contribution in [0.25, 0.3) is 0 Å². The summed E-state index contributed by atoms with van der Waals surface area (Å²) in [5.41, 5.74) is 6.31. The van der Waals surface area contributed by atoms with Crippen molar-refractivity contribution in [2.75, 3.05) is 14.2 Å². The lowest BCUT2D eigenvalue weighted by Gasteiger charge is -2.13. The molecule has 96 valence electrons. The summed E-state index contributed by atoms with van der Waals surface area (Å²) in [7, 11) is 3.12. The van der Waals surface area contributed by atoms with Crippen molar-refractivity contribution in [1.29, 1.82) is 0 Å². The lowest BCUT2D eigenvalue weighted by atomic mass is 9.95. The van der Waals surface area contributed by atoms with Crippen molar-refractivity contribution in [3.8, 4) is 11.5 Å². The van der Waals surface area contributed by atoms with Crippen LogP contribution in [0, 0.1) is 5.92 Å². The van der Waals surface area contributed by atoms with Gasteiger partial charge in [-0.05, 0) is 24.6 Å². The summed E-state index contributed by atoms with van der Waals surface area (Å²) in [4.78, 5) is 12.4. The number of Topliss-reactive ketones (excluding diaryl/α,β-unsaturated/α-hetero) is 1. The second-order valence-corrected chi connectivity index (χ2v) is 4.32. The summed E-state index contributed by atoms with van der Waals surface area (Å²) in [5, 5.41) is 0. The number of allylic oxidation sites excluding steroid dienone is 1. The fourth-order valence-electron chi connectivity index (χ4n) is 2.13. The minimum Gasteiger partial charge on any atom is -0.497 e. The molecule has 2 N–H and O–H groups in total. The molecule has 4 heteroatoms. The van der Waals surface area contributed by atoms with Crippen LogP contribution >= 0.6 is 0 Å². The van der Waals surface area contributed by atoms with Gasteiger partial charge < -0.3 is 15.2 Å². The molecule has 0 amide bonds. The molecule has 1 aliphatic rings. The van der Waals surface area contributed by atoms with Crippen molar-refractivity contribution >= 4 is 5.78 Å². The molecule has 0 spiro atoms. The third-order valence-electron chi connectivity index (χ3n) is 3.13. The van der Waals surface area contributed by atoms with E-state index in [1.807, 2.05) is 12.2 Å². The minimum atomic E-state index is -0.166. The number of ketones is 1. The van der Waals surface area contributed by atoms with E-state index in [2.05, 4.69) is 0 Å². The van der Waals surface area contributed by atoms with Gasteiger partial charge >= 0.3 is 0 Å². The van der Waals surface area contributed by atoms with Gasteiger partial charge in [0, 0.05) is 12.0 Å². The van der Waals surface area contributed by atoms with Gasteiger partial charge in [0.1, 0.15) is 11.5 Å². The number of hydrogen-bond acceptors (Lipinski definition) is 4. The summed E-state index contributed by atoms with van der Waals surface area (Å²) in [5.74, 6) is 1.07. The van der Waals surface area contributed by atoms with Gasteiger partial charge in [0.15, 0.2) is 5.78 Å². The van der Waals surface area contributed by atoms with E-state index < -0.39 is 0 Å². The molecule has 1 aromatic carbocycles. The third kappa shape index (κ3) is 2.38. The number of benzene rings is 1. The Morgan fingerprint density at radius 3 is 2.61 bits per heavy atom. The Labute approximate surface area is 106 Å². The number of ether oxygens (including phenoxy) is 2. The van der Waals surface area contributed by atoms with Crippen molar-refractivity contribution in [2.45, 2.75) is 12.5 Å². The number of hydrogen-bond donors (Lipinski definition) is 1. The molecule has 1 aromatic rings. The highest BCUT2D eigenvalue weighted by molar-refractivity contribution is 6.02. The van der Waals surface area contributed by atoms with Crippen molar-refractivity contribution in [3.05, 3.63) is 35.9 Å². The molecule has 0 fully saturated rings. The van der Waals surface area contributed by atoms with Crippen LogP contribution in [0.3, 0.4) is 0 Å². The first-order valence-electron chi connectivity index (χ1n) is 5.86. The summed E-state index contributed by atoms with van der Waals surface area (Å²) >= 11 is 0. The van der Waals surface area contributed by atoms with E-state index in [1.165, 1.54) is 0 Å². The molecule has 4 nitrogen and oxygen atoms in total. The Morgan fingerprint density at radius 1 is 1.28 bits per heavy atom. The highest BCUT2D eigenvalue weighted by atomic mass is 16.5. The summed E-state index contributed by atoms with van der Waals surface area (Å²) in [6.07, 6.45) is 4.39. The quantitative estimate of drug-likeness (QED) is 0.651. The highest BCUT2D eigenvalue weighted by Gasteiger charge is 2.26. The fraction of sp³-hybridized carbons (Fsp3) is 0.357. The molecule has 0 radical (unpaired) electrons. The molecular weight excluding hydrogens is 230 g/mol. The zero-order chi connectivity index (χ0) is 13.1. The van der Waals surface area contributed by atoms with Gasteiger partial charge in [0.05, 0.1) is 19.8 Å². The van der Waals surface area contributed by atoms with Crippen LogP contribution in [0.4, 0.5) is 0 Å². The van der Waals surface area contributed by atoms with E-state index in [1.54, 1.807) is 32.4 Å². The molecule has 0 heterocycles. The first kappa shape index (κ1) is 12.6. The number of rotatable bonds is 4. The first-order chi connectivity index (χ1) is 8.65. The van der Waals surface area contributed by atoms with Crippen molar-refractivity contribution in [3.63, 3.8) is 0 Å². The Hall–Kier alpha value is -1.81. The van der Waals surface area contributed by atoms with Gasteiger partial charge in [-0.1, -0.05) is 12.2 Å². The van der Waals surface area contributed by atoms with Crippen LogP contribution in [0.1, 0.15) is 16.8 Å². The molecule has 18 heavy (non-hydrogen) atoms. The average Bonchev–Trinajstić information content (AvgIpc) is 2.83. The smallest absolute Gasteiger partial charge is 0.173 e. The van der Waals surface area contributed by atoms with Crippen LogP contribution in [0.15, 0.2) is 30.4 Å². The lowest BCUT2D eigenvalue weighted by molar-refractivity contribution is 0.0939. The second-order valence-electron chi connectivity index (χ2n) is 4.32. The minimum absolute atomic E-state index is 0.0231. The van der Waals surface area contributed by atoms with E-state index in [0.717, 1.165) is 0 Å². The maximum atomic E-state index is 12.4. The van der Waals surface area contributed by atoms with E-state index in [9.17, 15) is 4.79 Å². The van der Waals surface area contributed by atoms with Gasteiger partial charge in [-0.2, -0.15) is 0 Å². The van der Waals surface area contributed by atoms with Gasteiger partial charge in [-0.25, -0.2) is 0 Å². The van der Waals surface area contributed by atoms with E-state index in [4.69, 9.17) is 15.2 Å². The van der Waals surface area contributed by atoms with Gasteiger partial charge in [-0.3, -0.25) is 4.79 Å². The topological polar surface area (TPSA) is 61.5 Å². The maximum absolute atomic E-state index is 12.4. The van der Waals surface area contributed by atoms with E-state index in [-0.39, 0.29) is 17.7 Å². The van der Waals surface area contributed by atoms with Gasteiger partial charge in [0.25, 0.3) is 0 Å². The molecule has 0 saturated carbocycles. The normalized spacial score (nSPS) is 21.9. The standard InChI is InChI=1S/C14H17NO3/c1-17-11-5-6-13(18-2)12(8-11)14(16)9-3-4-10(15)7-9/h3-6,8-10H,7,15H2,1-2H3. The van der Waals surface area contributed by atoms with Crippen molar-refractivity contribution < 1.29 is 14.3 Å². The Morgan fingerprint density at radius 2 is 2.06 bits per heavy atom. The van der Waals surface area contributed by atoms with Crippen molar-refractivity contribution in [1.82, 2.24) is 0 Å². The summed E-state index contributed by atoms with van der Waals surface area (Å²) in [6, 6.07) is 5.19. The lowest BCUT2D eigenvalue weighted by Crippen LogP contribution is -2.19. The zero-order valence-corrected chi connectivity index (χ0v) is 10.6. The van der Waals surface area contributed by atoms with Crippen LogP contribution < -0.4 is 15.2 Å². The largest absolute Gasteiger partial charge is 0.497 e. The predicted molar refractivity (Wildman–Crippen MR) is 69.1 cm³/mol. The van der Waals surface area contributed by atoms with Gasteiger partial charge in [0.2, 0.25) is 0 Å². The molecule has 2 atom stereocenters. The number of methoxy groups -OCH3 is 2.